The zero-order valence-corrected chi connectivity index (χ0v) is 14.3. The number of aromatic nitrogens is 4. The minimum Gasteiger partial charge on any atom is -0.355 e. The van der Waals surface area contributed by atoms with Crippen molar-refractivity contribution in [2.24, 2.45) is 5.92 Å². The monoisotopic (exact) mass is 340 g/mol. The van der Waals surface area contributed by atoms with Crippen LogP contribution < -0.4 is 10.2 Å². The van der Waals surface area contributed by atoms with Crippen molar-refractivity contribution in [3.8, 4) is 5.82 Å². The predicted octanol–water partition coefficient (Wildman–Crippen LogP) is 1.94. The molecule has 1 aliphatic carbocycles. The second-order valence-electron chi connectivity index (χ2n) is 6.95. The molecule has 0 radical (unpaired) electrons. The van der Waals surface area contributed by atoms with Crippen molar-refractivity contribution >= 4 is 11.7 Å². The number of hydrogen-bond donors (Lipinski definition) is 1. The van der Waals surface area contributed by atoms with Gasteiger partial charge in [-0.1, -0.05) is 12.8 Å². The number of nitrogens with one attached hydrogen (secondary N) is 1. The number of hydrogen-bond acceptors (Lipinski definition) is 5. The van der Waals surface area contributed by atoms with E-state index in [0.717, 1.165) is 44.6 Å². The lowest BCUT2D eigenvalue weighted by Crippen LogP contribution is -2.43. The highest BCUT2D eigenvalue weighted by molar-refractivity contribution is 5.79. The fourth-order valence-electron chi connectivity index (χ4n) is 3.77. The zero-order valence-electron chi connectivity index (χ0n) is 14.3. The Morgan fingerprint density at radius 1 is 1.04 bits per heavy atom. The van der Waals surface area contributed by atoms with Gasteiger partial charge in [-0.05, 0) is 43.9 Å². The van der Waals surface area contributed by atoms with Crippen LogP contribution in [0.1, 0.15) is 38.5 Å². The van der Waals surface area contributed by atoms with Crippen molar-refractivity contribution in [3.05, 3.63) is 30.6 Å². The van der Waals surface area contributed by atoms with E-state index in [9.17, 15) is 4.79 Å². The van der Waals surface area contributed by atoms with Gasteiger partial charge in [0.15, 0.2) is 11.6 Å². The van der Waals surface area contributed by atoms with Crippen LogP contribution in [0.3, 0.4) is 0 Å². The third-order valence-electron chi connectivity index (χ3n) is 5.27. The van der Waals surface area contributed by atoms with Gasteiger partial charge in [0.05, 0.1) is 0 Å². The van der Waals surface area contributed by atoms with E-state index in [1.165, 1.54) is 12.8 Å². The molecule has 2 fully saturated rings. The number of amides is 1. The van der Waals surface area contributed by atoms with Gasteiger partial charge in [0.1, 0.15) is 0 Å². The van der Waals surface area contributed by atoms with Crippen LogP contribution in [0.2, 0.25) is 0 Å². The number of carbonyl (C=O) groups is 1. The first-order valence-electron chi connectivity index (χ1n) is 9.19. The van der Waals surface area contributed by atoms with Crippen molar-refractivity contribution in [2.75, 3.05) is 18.0 Å². The molecule has 3 heterocycles. The van der Waals surface area contributed by atoms with Crippen LogP contribution in [-0.2, 0) is 4.79 Å². The summed E-state index contributed by atoms with van der Waals surface area (Å²) in [5.41, 5.74) is 0. The Balaban J connectivity index is 1.31. The largest absolute Gasteiger partial charge is 0.355 e. The van der Waals surface area contributed by atoms with Gasteiger partial charge in [0.25, 0.3) is 0 Å². The number of piperidine rings is 1. The number of carbonyl (C=O) groups excluding carboxylic acids is 1. The second-order valence-corrected chi connectivity index (χ2v) is 6.95. The molecule has 1 saturated carbocycles. The van der Waals surface area contributed by atoms with Gasteiger partial charge in [-0.15, -0.1) is 10.2 Å². The fraction of sp³-hybridized carbons (Fsp3) is 0.556. The van der Waals surface area contributed by atoms with Crippen LogP contribution in [-0.4, -0.2) is 45.0 Å². The molecule has 132 valence electrons. The first-order chi connectivity index (χ1) is 12.3. The Kier molecular flexibility index (Phi) is 4.63. The molecule has 0 bridgehead atoms. The first-order valence-corrected chi connectivity index (χ1v) is 9.19. The lowest BCUT2D eigenvalue weighted by molar-refractivity contribution is -0.126. The number of anilines is 1. The third-order valence-corrected chi connectivity index (χ3v) is 5.27. The van der Waals surface area contributed by atoms with Gasteiger partial charge in [-0.25, -0.2) is 4.68 Å². The SMILES string of the molecule is O=C(NC1CCCC1)C1CCN(c2ccc(-n3cccn3)nn2)CC1. The summed E-state index contributed by atoms with van der Waals surface area (Å²) in [5, 5.41) is 16.0. The Morgan fingerprint density at radius 3 is 2.40 bits per heavy atom. The lowest BCUT2D eigenvalue weighted by Gasteiger charge is -2.32. The van der Waals surface area contributed by atoms with E-state index < -0.39 is 0 Å². The third kappa shape index (κ3) is 3.65. The van der Waals surface area contributed by atoms with E-state index in [-0.39, 0.29) is 11.8 Å². The standard InChI is InChI=1S/C18H24N6O/c25-18(20-15-4-1-2-5-15)14-8-12-23(13-9-14)16-6-7-17(22-21-16)24-11-3-10-19-24/h3,6-7,10-11,14-15H,1-2,4-5,8-9,12-13H2,(H,20,25). The minimum absolute atomic E-state index is 0.133. The van der Waals surface area contributed by atoms with Crippen LogP contribution in [0.4, 0.5) is 5.82 Å². The molecule has 2 aromatic heterocycles. The summed E-state index contributed by atoms with van der Waals surface area (Å²) in [5.74, 6) is 1.95. The van der Waals surface area contributed by atoms with Gasteiger partial charge in [0.2, 0.25) is 5.91 Å². The molecule has 25 heavy (non-hydrogen) atoms. The number of rotatable bonds is 4. The molecule has 0 aromatic carbocycles. The van der Waals surface area contributed by atoms with Crippen molar-refractivity contribution in [3.63, 3.8) is 0 Å². The molecule has 2 aliphatic rings. The Bertz CT molecular complexity index is 685. The summed E-state index contributed by atoms with van der Waals surface area (Å²) >= 11 is 0. The van der Waals surface area contributed by atoms with Crippen molar-refractivity contribution < 1.29 is 4.79 Å². The number of nitrogens with zero attached hydrogens (tertiary/aromatic N) is 5. The fourth-order valence-corrected chi connectivity index (χ4v) is 3.77. The minimum atomic E-state index is 0.133. The maximum absolute atomic E-state index is 12.4. The van der Waals surface area contributed by atoms with Crippen LogP contribution in [0, 0.1) is 5.92 Å². The van der Waals surface area contributed by atoms with Crippen LogP contribution in [0.25, 0.3) is 5.82 Å². The highest BCUT2D eigenvalue weighted by Crippen LogP contribution is 2.23. The molecule has 0 spiro atoms. The van der Waals surface area contributed by atoms with Gasteiger partial charge in [0, 0.05) is 37.4 Å². The molecule has 0 unspecified atom stereocenters. The zero-order chi connectivity index (χ0) is 17.1. The second kappa shape index (κ2) is 7.21. The van der Waals surface area contributed by atoms with Crippen LogP contribution >= 0.6 is 0 Å². The maximum atomic E-state index is 12.4. The van der Waals surface area contributed by atoms with Gasteiger partial charge in [-0.3, -0.25) is 4.79 Å². The van der Waals surface area contributed by atoms with E-state index in [1.54, 1.807) is 10.9 Å². The summed E-state index contributed by atoms with van der Waals surface area (Å²) in [6, 6.07) is 6.17. The van der Waals surface area contributed by atoms with E-state index in [1.807, 2.05) is 24.4 Å². The first kappa shape index (κ1) is 16.1. The smallest absolute Gasteiger partial charge is 0.223 e. The molecule has 0 atom stereocenters. The van der Waals surface area contributed by atoms with Crippen molar-refractivity contribution in [1.82, 2.24) is 25.3 Å². The van der Waals surface area contributed by atoms with E-state index in [0.29, 0.717) is 11.9 Å². The molecule has 1 N–H and O–H groups in total. The molecule has 1 saturated heterocycles. The highest BCUT2D eigenvalue weighted by atomic mass is 16.1. The molecule has 4 rings (SSSR count). The molecular formula is C18H24N6O. The molecule has 7 nitrogen and oxygen atoms in total. The van der Waals surface area contributed by atoms with E-state index in [2.05, 4.69) is 25.5 Å². The summed E-state index contributed by atoms with van der Waals surface area (Å²) in [6.45, 7) is 1.69. The van der Waals surface area contributed by atoms with Gasteiger partial charge >= 0.3 is 0 Å². The summed E-state index contributed by atoms with van der Waals surface area (Å²) in [4.78, 5) is 14.6. The Labute approximate surface area is 147 Å². The van der Waals surface area contributed by atoms with Crippen LogP contribution in [0.5, 0.6) is 0 Å². The van der Waals surface area contributed by atoms with Crippen molar-refractivity contribution in [2.45, 2.75) is 44.6 Å². The Morgan fingerprint density at radius 2 is 1.76 bits per heavy atom. The lowest BCUT2D eigenvalue weighted by atomic mass is 9.95. The predicted molar refractivity (Wildman–Crippen MR) is 94.5 cm³/mol. The van der Waals surface area contributed by atoms with E-state index in [4.69, 9.17) is 0 Å². The molecule has 1 amide bonds. The average molecular weight is 340 g/mol. The van der Waals surface area contributed by atoms with Crippen LogP contribution in [0.15, 0.2) is 30.6 Å². The van der Waals surface area contributed by atoms with Gasteiger partial charge < -0.3 is 10.2 Å². The maximum Gasteiger partial charge on any atom is 0.223 e. The molecule has 7 heteroatoms. The summed E-state index contributed by atoms with van der Waals surface area (Å²) in [6.07, 6.45) is 10.1. The van der Waals surface area contributed by atoms with Crippen molar-refractivity contribution in [1.29, 1.82) is 0 Å². The Hall–Kier alpha value is -2.44. The molecule has 2 aromatic rings. The average Bonchev–Trinajstić information content (AvgIpc) is 3.36. The quantitative estimate of drug-likeness (QED) is 0.920. The summed E-state index contributed by atoms with van der Waals surface area (Å²) < 4.78 is 1.69. The summed E-state index contributed by atoms with van der Waals surface area (Å²) in [7, 11) is 0. The van der Waals surface area contributed by atoms with E-state index >= 15 is 0 Å². The van der Waals surface area contributed by atoms with Gasteiger partial charge in [-0.2, -0.15) is 5.10 Å². The molecular weight excluding hydrogens is 316 g/mol. The highest BCUT2D eigenvalue weighted by Gasteiger charge is 2.28. The normalized spacial score (nSPS) is 19.3. The molecule has 1 aliphatic heterocycles. The topological polar surface area (TPSA) is 75.9 Å².